The molecule has 1 aromatic carbocycles. The number of ether oxygens (including phenoxy) is 1. The minimum atomic E-state index is -1.11. The molecule has 13 nitrogen and oxygen atoms in total. The van der Waals surface area contributed by atoms with E-state index in [4.69, 9.17) is 22.1 Å². The van der Waals surface area contributed by atoms with Crippen LogP contribution in [0.4, 0.5) is 20.3 Å². The van der Waals surface area contributed by atoms with Crippen molar-refractivity contribution in [1.29, 1.82) is 0 Å². The number of carbonyl (C=O) groups is 2. The minimum absolute atomic E-state index is 0.00586. The molecule has 5 heterocycles. The van der Waals surface area contributed by atoms with Crippen LogP contribution in [-0.4, -0.2) is 86.9 Å². The van der Waals surface area contributed by atoms with Crippen molar-refractivity contribution in [3.05, 3.63) is 62.9 Å². The number of hydrogen-bond donors (Lipinski definition) is 3. The molecule has 1 atom stereocenters. The SMILES string of the molecule is COCCN1CCN(c2cc(NC(=O)Cn3cc(-c4cc(F)c(O)c(C(N)=O)c4)c4c(=O)n5c(nc43)CCC5)c(Cl)c(F)n2)[C@@H](C)C1. The molecule has 0 aliphatic carbocycles. The Hall–Kier alpha value is -4.60. The molecule has 4 N–H and O–H groups in total. The van der Waals surface area contributed by atoms with Gasteiger partial charge in [-0.3, -0.25) is 23.9 Å². The molecular formula is C31H33ClF2N8O5. The zero-order valence-corrected chi connectivity index (χ0v) is 26.5. The number of aromatic hydroxyl groups is 1. The monoisotopic (exact) mass is 670 g/mol. The molecule has 1 fully saturated rings. The van der Waals surface area contributed by atoms with E-state index >= 15 is 0 Å². The van der Waals surface area contributed by atoms with Gasteiger partial charge in [-0.2, -0.15) is 4.39 Å². The number of methoxy groups -OCH3 is 1. The maximum Gasteiger partial charge on any atom is 0.263 e. The van der Waals surface area contributed by atoms with Crippen LogP contribution in [0, 0.1) is 11.8 Å². The molecule has 4 aromatic rings. The lowest BCUT2D eigenvalue weighted by Gasteiger charge is -2.40. The molecule has 2 aliphatic heterocycles. The summed E-state index contributed by atoms with van der Waals surface area (Å²) in [6.07, 6.45) is 2.68. The molecule has 0 unspecified atom stereocenters. The van der Waals surface area contributed by atoms with Crippen LogP contribution >= 0.6 is 11.6 Å². The molecule has 248 valence electrons. The Bertz CT molecular complexity index is 1960. The Kier molecular flexibility index (Phi) is 8.87. The van der Waals surface area contributed by atoms with Crippen molar-refractivity contribution in [2.75, 3.05) is 50.1 Å². The number of amides is 2. The highest BCUT2D eigenvalue weighted by Gasteiger charge is 2.28. The molecular weight excluding hydrogens is 638 g/mol. The number of anilines is 2. The minimum Gasteiger partial charge on any atom is -0.504 e. The van der Waals surface area contributed by atoms with E-state index in [1.54, 1.807) is 7.11 Å². The number of piperazine rings is 1. The zero-order chi connectivity index (χ0) is 33.6. The fourth-order valence-corrected chi connectivity index (χ4v) is 6.42. The Labute approximate surface area is 272 Å². The van der Waals surface area contributed by atoms with Crippen LogP contribution < -0.4 is 21.5 Å². The van der Waals surface area contributed by atoms with Crippen molar-refractivity contribution in [2.45, 2.75) is 38.9 Å². The number of carbonyl (C=O) groups excluding carboxylic acids is 2. The van der Waals surface area contributed by atoms with Crippen LogP contribution in [0.3, 0.4) is 0 Å². The predicted molar refractivity (Wildman–Crippen MR) is 171 cm³/mol. The van der Waals surface area contributed by atoms with E-state index < -0.39 is 40.5 Å². The molecule has 0 saturated carbocycles. The largest absolute Gasteiger partial charge is 0.504 e. The number of fused-ring (bicyclic) bond motifs is 2. The highest BCUT2D eigenvalue weighted by Crippen LogP contribution is 2.34. The summed E-state index contributed by atoms with van der Waals surface area (Å²) in [5.41, 5.74) is 4.93. The maximum atomic E-state index is 15.0. The van der Waals surface area contributed by atoms with Crippen LogP contribution in [0.1, 0.15) is 29.5 Å². The van der Waals surface area contributed by atoms with Crippen molar-refractivity contribution < 1.29 is 28.2 Å². The van der Waals surface area contributed by atoms with Crippen molar-refractivity contribution in [3.63, 3.8) is 0 Å². The van der Waals surface area contributed by atoms with E-state index in [1.165, 1.54) is 27.5 Å². The molecule has 2 aliphatic rings. The smallest absolute Gasteiger partial charge is 0.263 e. The molecule has 0 bridgehead atoms. The molecule has 2 amide bonds. The summed E-state index contributed by atoms with van der Waals surface area (Å²) in [7, 11) is 1.65. The van der Waals surface area contributed by atoms with Gasteiger partial charge in [0.25, 0.3) is 11.5 Å². The normalized spacial score (nSPS) is 16.5. The van der Waals surface area contributed by atoms with Gasteiger partial charge in [-0.1, -0.05) is 11.6 Å². The highest BCUT2D eigenvalue weighted by molar-refractivity contribution is 6.33. The topological polar surface area (TPSA) is 161 Å². The summed E-state index contributed by atoms with van der Waals surface area (Å²) in [6.45, 7) is 5.43. The van der Waals surface area contributed by atoms with Gasteiger partial charge in [-0.15, -0.1) is 0 Å². The van der Waals surface area contributed by atoms with Gasteiger partial charge in [0.2, 0.25) is 11.9 Å². The van der Waals surface area contributed by atoms with Crippen molar-refractivity contribution >= 4 is 46.0 Å². The van der Waals surface area contributed by atoms with Gasteiger partial charge in [0, 0.05) is 70.1 Å². The number of hydrogen-bond acceptors (Lipinski definition) is 9. The first-order valence-corrected chi connectivity index (χ1v) is 15.4. The second-order valence-corrected chi connectivity index (χ2v) is 12.1. The molecule has 6 rings (SSSR count). The predicted octanol–water partition coefficient (Wildman–Crippen LogP) is 2.74. The molecule has 0 radical (unpaired) electrons. The van der Waals surface area contributed by atoms with E-state index in [2.05, 4.69) is 20.2 Å². The van der Waals surface area contributed by atoms with Crippen LogP contribution in [0.5, 0.6) is 5.75 Å². The molecule has 47 heavy (non-hydrogen) atoms. The van der Waals surface area contributed by atoms with Gasteiger partial charge in [-0.05, 0) is 31.0 Å². The number of nitrogens with one attached hydrogen (secondary N) is 1. The summed E-state index contributed by atoms with van der Waals surface area (Å²) in [5.74, 6) is -3.79. The maximum absolute atomic E-state index is 15.0. The number of primary amides is 1. The Morgan fingerprint density at radius 1 is 1.19 bits per heavy atom. The number of nitrogens with two attached hydrogens (primary N) is 1. The third-order valence-corrected chi connectivity index (χ3v) is 8.95. The Balaban J connectivity index is 1.33. The number of phenols is 1. The van der Waals surface area contributed by atoms with Crippen molar-refractivity contribution in [1.82, 2.24) is 24.0 Å². The quantitative estimate of drug-likeness (QED) is 0.228. The average Bonchev–Trinajstić information content (AvgIpc) is 3.65. The number of halogens is 3. The lowest BCUT2D eigenvalue weighted by atomic mass is 10.0. The summed E-state index contributed by atoms with van der Waals surface area (Å²) >= 11 is 6.25. The number of aromatic nitrogens is 4. The summed E-state index contributed by atoms with van der Waals surface area (Å²) in [6, 6.07) is 3.66. The molecule has 3 aromatic heterocycles. The van der Waals surface area contributed by atoms with E-state index in [0.29, 0.717) is 57.3 Å². The van der Waals surface area contributed by atoms with E-state index in [9.17, 15) is 28.3 Å². The van der Waals surface area contributed by atoms with Crippen LogP contribution in [-0.2, 0) is 29.0 Å². The third-order valence-electron chi connectivity index (χ3n) is 8.59. The summed E-state index contributed by atoms with van der Waals surface area (Å²) in [4.78, 5) is 51.9. The number of benzene rings is 1. The first-order valence-electron chi connectivity index (χ1n) is 15.1. The number of nitrogens with zero attached hydrogens (tertiary/aromatic N) is 6. The summed E-state index contributed by atoms with van der Waals surface area (Å²) in [5, 5.41) is 12.4. The lowest BCUT2D eigenvalue weighted by Crippen LogP contribution is -2.53. The second-order valence-electron chi connectivity index (χ2n) is 11.7. The second kappa shape index (κ2) is 12.9. The standard InChI is InChI=1S/C31H33ClF2N8O5/c1-16-13-39(8-9-47-2)6-7-41(16)23-12-21(26(32)28(34)37-23)36-24(43)15-40-14-19(17-10-18(29(35)45)27(44)20(33)11-17)25-30(40)38-22-4-3-5-42(22)31(25)46/h10-12,14,16,44H,3-9,13,15H2,1-2H3,(H2,35,45)(H,36,37,43)/t16-/m0/s1. The number of rotatable bonds is 9. The van der Waals surface area contributed by atoms with Gasteiger partial charge in [0.1, 0.15) is 28.9 Å². The van der Waals surface area contributed by atoms with E-state index in [-0.39, 0.29) is 45.5 Å². The molecule has 16 heteroatoms. The fourth-order valence-electron chi connectivity index (χ4n) is 6.27. The molecule has 1 saturated heterocycles. The van der Waals surface area contributed by atoms with Crippen LogP contribution in [0.25, 0.3) is 22.2 Å². The van der Waals surface area contributed by atoms with Crippen molar-refractivity contribution in [2.24, 2.45) is 5.73 Å². The first kappa shape index (κ1) is 32.3. The number of aryl methyl sites for hydroxylation is 1. The summed E-state index contributed by atoms with van der Waals surface area (Å²) < 4.78 is 37.8. The first-order chi connectivity index (χ1) is 22.5. The van der Waals surface area contributed by atoms with Crippen molar-refractivity contribution in [3.8, 4) is 16.9 Å². The van der Waals surface area contributed by atoms with Gasteiger partial charge in [-0.25, -0.2) is 14.4 Å². The number of pyridine rings is 1. The Morgan fingerprint density at radius 3 is 2.70 bits per heavy atom. The van der Waals surface area contributed by atoms with Gasteiger partial charge < -0.3 is 30.4 Å². The fraction of sp³-hybridized carbons (Fsp3) is 0.387. The highest BCUT2D eigenvalue weighted by atomic mass is 35.5. The Morgan fingerprint density at radius 2 is 1.98 bits per heavy atom. The van der Waals surface area contributed by atoms with Gasteiger partial charge in [0.15, 0.2) is 11.6 Å². The molecule has 0 spiro atoms. The zero-order valence-electron chi connectivity index (χ0n) is 25.7. The lowest BCUT2D eigenvalue weighted by molar-refractivity contribution is -0.116. The van der Waals surface area contributed by atoms with Crippen LogP contribution in [0.15, 0.2) is 29.2 Å². The van der Waals surface area contributed by atoms with E-state index in [1.807, 2.05) is 11.8 Å². The van der Waals surface area contributed by atoms with Crippen LogP contribution in [0.2, 0.25) is 5.02 Å². The average molecular weight is 671 g/mol. The van der Waals surface area contributed by atoms with Gasteiger partial charge >= 0.3 is 0 Å². The van der Waals surface area contributed by atoms with Gasteiger partial charge in [0.05, 0.1) is 23.2 Å². The third kappa shape index (κ3) is 6.13. The van der Waals surface area contributed by atoms with E-state index in [0.717, 1.165) is 12.6 Å².